The van der Waals surface area contributed by atoms with Gasteiger partial charge in [0.15, 0.2) is 0 Å². The number of hydrogen-bond donors (Lipinski definition) is 1. The van der Waals surface area contributed by atoms with E-state index in [1.54, 1.807) is 18.2 Å². The van der Waals surface area contributed by atoms with Crippen LogP contribution in [0.15, 0.2) is 28.8 Å². The molecule has 108 valence electrons. The molecular formula is C15H20FN3O. The topological polar surface area (TPSA) is 51.0 Å². The van der Waals surface area contributed by atoms with Crippen molar-refractivity contribution in [2.45, 2.75) is 39.2 Å². The lowest BCUT2D eigenvalue weighted by Gasteiger charge is -2.10. The average Bonchev–Trinajstić information content (AvgIpc) is 2.92. The van der Waals surface area contributed by atoms with Crippen LogP contribution in [0.4, 0.5) is 4.39 Å². The maximum absolute atomic E-state index is 13.6. The fourth-order valence-electron chi connectivity index (χ4n) is 1.94. The molecule has 0 saturated heterocycles. The highest BCUT2D eigenvalue weighted by atomic mass is 19.1. The smallest absolute Gasteiger partial charge is 0.227 e. The predicted molar refractivity (Wildman–Crippen MR) is 75.8 cm³/mol. The highest BCUT2D eigenvalue weighted by Gasteiger charge is 2.12. The van der Waals surface area contributed by atoms with Gasteiger partial charge < -0.3 is 9.84 Å². The van der Waals surface area contributed by atoms with Gasteiger partial charge in [-0.1, -0.05) is 24.2 Å². The lowest BCUT2D eigenvalue weighted by molar-refractivity contribution is 0.367. The molecule has 0 saturated carbocycles. The number of benzene rings is 1. The first-order chi connectivity index (χ1) is 9.70. The largest absolute Gasteiger partial charge is 0.339 e. The minimum Gasteiger partial charge on any atom is -0.339 e. The van der Waals surface area contributed by atoms with Crippen LogP contribution in [-0.2, 0) is 6.42 Å². The minimum atomic E-state index is -0.335. The number of aromatic nitrogens is 2. The molecule has 2 aromatic rings. The molecule has 0 aliphatic heterocycles. The summed E-state index contributed by atoms with van der Waals surface area (Å²) in [6, 6.07) is 6.84. The fourth-order valence-corrected chi connectivity index (χ4v) is 1.94. The maximum Gasteiger partial charge on any atom is 0.227 e. The maximum atomic E-state index is 13.6. The Hall–Kier alpha value is -1.75. The van der Waals surface area contributed by atoms with Crippen molar-refractivity contribution in [3.8, 4) is 11.4 Å². The third-order valence-corrected chi connectivity index (χ3v) is 3.12. The van der Waals surface area contributed by atoms with E-state index in [-0.39, 0.29) is 5.82 Å². The Morgan fingerprint density at radius 3 is 2.90 bits per heavy atom. The van der Waals surface area contributed by atoms with Gasteiger partial charge >= 0.3 is 0 Å². The van der Waals surface area contributed by atoms with Gasteiger partial charge in [-0.25, -0.2) is 4.39 Å². The summed E-state index contributed by atoms with van der Waals surface area (Å²) in [5.41, 5.74) is 0.375. The van der Waals surface area contributed by atoms with Crippen LogP contribution in [0, 0.1) is 5.82 Å². The molecule has 1 heterocycles. The summed E-state index contributed by atoms with van der Waals surface area (Å²) >= 11 is 0. The SMILES string of the molecule is CCCNC(C)CCc1nc(-c2ccccc2F)no1. The number of halogens is 1. The van der Waals surface area contributed by atoms with Gasteiger partial charge in [0.2, 0.25) is 11.7 Å². The number of aryl methyl sites for hydroxylation is 1. The molecular weight excluding hydrogens is 257 g/mol. The third-order valence-electron chi connectivity index (χ3n) is 3.12. The first kappa shape index (κ1) is 14.7. The second-order valence-corrected chi connectivity index (χ2v) is 4.89. The van der Waals surface area contributed by atoms with Crippen molar-refractivity contribution in [1.82, 2.24) is 15.5 Å². The van der Waals surface area contributed by atoms with Crippen LogP contribution in [0.2, 0.25) is 0 Å². The second-order valence-electron chi connectivity index (χ2n) is 4.89. The van der Waals surface area contributed by atoms with E-state index >= 15 is 0 Å². The number of hydrogen-bond acceptors (Lipinski definition) is 4. The molecule has 0 bridgehead atoms. The Kier molecular flexibility index (Phi) is 5.24. The van der Waals surface area contributed by atoms with E-state index in [9.17, 15) is 4.39 Å². The first-order valence-electron chi connectivity index (χ1n) is 7.01. The van der Waals surface area contributed by atoms with E-state index in [2.05, 4.69) is 29.3 Å². The summed E-state index contributed by atoms with van der Waals surface area (Å²) in [5, 5.41) is 7.24. The van der Waals surface area contributed by atoms with Crippen LogP contribution in [-0.4, -0.2) is 22.7 Å². The van der Waals surface area contributed by atoms with Crippen LogP contribution >= 0.6 is 0 Å². The molecule has 1 N–H and O–H groups in total. The zero-order valence-electron chi connectivity index (χ0n) is 11.9. The van der Waals surface area contributed by atoms with Crippen LogP contribution in [0.1, 0.15) is 32.6 Å². The Labute approximate surface area is 118 Å². The van der Waals surface area contributed by atoms with Crippen LogP contribution in [0.3, 0.4) is 0 Å². The standard InChI is InChI=1S/C15H20FN3O/c1-3-10-17-11(2)8-9-14-18-15(19-20-14)12-6-4-5-7-13(12)16/h4-7,11,17H,3,8-10H2,1-2H3. The highest BCUT2D eigenvalue weighted by Crippen LogP contribution is 2.19. The first-order valence-corrected chi connectivity index (χ1v) is 7.01. The molecule has 1 atom stereocenters. The number of nitrogens with zero attached hydrogens (tertiary/aromatic N) is 2. The van der Waals surface area contributed by atoms with Gasteiger partial charge in [0.25, 0.3) is 0 Å². The van der Waals surface area contributed by atoms with Crippen LogP contribution in [0.25, 0.3) is 11.4 Å². The van der Waals surface area contributed by atoms with Crippen LogP contribution in [0.5, 0.6) is 0 Å². The lowest BCUT2D eigenvalue weighted by Crippen LogP contribution is -2.27. The molecule has 1 unspecified atom stereocenters. The molecule has 0 radical (unpaired) electrons. The van der Waals surface area contributed by atoms with Crippen molar-refractivity contribution in [3.05, 3.63) is 36.0 Å². The minimum absolute atomic E-state index is 0.312. The van der Waals surface area contributed by atoms with Crippen molar-refractivity contribution in [1.29, 1.82) is 0 Å². The van der Waals surface area contributed by atoms with Crippen LogP contribution < -0.4 is 5.32 Å². The summed E-state index contributed by atoms with van der Waals surface area (Å²) in [5.74, 6) is 0.526. The number of rotatable bonds is 7. The van der Waals surface area contributed by atoms with Gasteiger partial charge in [0.1, 0.15) is 5.82 Å². The van der Waals surface area contributed by atoms with Crippen molar-refractivity contribution < 1.29 is 8.91 Å². The molecule has 1 aromatic carbocycles. The zero-order chi connectivity index (χ0) is 14.4. The molecule has 4 nitrogen and oxygen atoms in total. The molecule has 0 aliphatic rings. The van der Waals surface area contributed by atoms with Crippen molar-refractivity contribution in [3.63, 3.8) is 0 Å². The molecule has 0 amide bonds. The monoisotopic (exact) mass is 277 g/mol. The van der Waals surface area contributed by atoms with E-state index in [0.29, 0.717) is 29.7 Å². The van der Waals surface area contributed by atoms with Gasteiger partial charge in [-0.2, -0.15) is 4.98 Å². The van der Waals surface area contributed by atoms with Gasteiger partial charge in [0.05, 0.1) is 5.56 Å². The van der Waals surface area contributed by atoms with Gasteiger partial charge in [-0.3, -0.25) is 0 Å². The van der Waals surface area contributed by atoms with Crippen molar-refractivity contribution in [2.75, 3.05) is 6.54 Å². The molecule has 0 aliphatic carbocycles. The van der Waals surface area contributed by atoms with Crippen molar-refractivity contribution in [2.24, 2.45) is 0 Å². The summed E-state index contributed by atoms with van der Waals surface area (Å²) in [6.07, 6.45) is 2.72. The molecule has 0 fully saturated rings. The quantitative estimate of drug-likeness (QED) is 0.844. The van der Waals surface area contributed by atoms with Gasteiger partial charge in [0, 0.05) is 12.5 Å². The zero-order valence-corrected chi connectivity index (χ0v) is 11.9. The Morgan fingerprint density at radius 2 is 2.15 bits per heavy atom. The summed E-state index contributed by atoms with van der Waals surface area (Å²) < 4.78 is 18.8. The molecule has 5 heteroatoms. The fraction of sp³-hybridized carbons (Fsp3) is 0.467. The van der Waals surface area contributed by atoms with E-state index in [1.807, 2.05) is 0 Å². The van der Waals surface area contributed by atoms with Gasteiger partial charge in [-0.15, -0.1) is 0 Å². The van der Waals surface area contributed by atoms with Gasteiger partial charge in [-0.05, 0) is 38.4 Å². The second kappa shape index (κ2) is 7.14. The van der Waals surface area contributed by atoms with E-state index in [4.69, 9.17) is 4.52 Å². The lowest BCUT2D eigenvalue weighted by atomic mass is 10.2. The molecule has 2 rings (SSSR count). The molecule has 0 spiro atoms. The van der Waals surface area contributed by atoms with Crippen molar-refractivity contribution >= 4 is 0 Å². The molecule has 20 heavy (non-hydrogen) atoms. The predicted octanol–water partition coefficient (Wildman–Crippen LogP) is 3.20. The highest BCUT2D eigenvalue weighted by molar-refractivity contribution is 5.54. The van der Waals surface area contributed by atoms with E-state index in [1.165, 1.54) is 6.07 Å². The number of nitrogens with one attached hydrogen (secondary N) is 1. The Balaban J connectivity index is 1.94. The third kappa shape index (κ3) is 3.87. The normalized spacial score (nSPS) is 12.6. The summed E-state index contributed by atoms with van der Waals surface area (Å²) in [4.78, 5) is 4.25. The Bertz CT molecular complexity index is 541. The summed E-state index contributed by atoms with van der Waals surface area (Å²) in [6.45, 7) is 5.27. The van der Waals surface area contributed by atoms with E-state index in [0.717, 1.165) is 19.4 Å². The molecule has 1 aromatic heterocycles. The average molecular weight is 277 g/mol. The summed E-state index contributed by atoms with van der Waals surface area (Å²) in [7, 11) is 0. The van der Waals surface area contributed by atoms with E-state index < -0.39 is 0 Å². The Morgan fingerprint density at radius 1 is 1.35 bits per heavy atom.